The lowest BCUT2D eigenvalue weighted by Gasteiger charge is -2.39. The van der Waals surface area contributed by atoms with E-state index in [9.17, 15) is 8.42 Å². The maximum atomic E-state index is 12.2. The minimum Gasteiger partial charge on any atom is -0.357 e. The molecule has 1 aromatic rings. The van der Waals surface area contributed by atoms with Gasteiger partial charge in [0.15, 0.2) is 15.8 Å². The summed E-state index contributed by atoms with van der Waals surface area (Å²) in [6.07, 6.45) is 0. The van der Waals surface area contributed by atoms with E-state index in [1.807, 2.05) is 25.1 Å². The summed E-state index contributed by atoms with van der Waals surface area (Å²) in [5.74, 6) is 0.990. The molecule has 148 valence electrons. The van der Waals surface area contributed by atoms with Crippen molar-refractivity contribution >= 4 is 51.5 Å². The summed E-state index contributed by atoms with van der Waals surface area (Å²) in [6.45, 7) is 10.2. The van der Waals surface area contributed by atoms with Crippen molar-refractivity contribution in [3.8, 4) is 0 Å². The third-order valence-corrected chi connectivity index (χ3v) is 7.89. The summed E-state index contributed by atoms with van der Waals surface area (Å²) in [5.41, 5.74) is 0. The van der Waals surface area contributed by atoms with Crippen molar-refractivity contribution in [3.05, 3.63) is 30.3 Å². The van der Waals surface area contributed by atoms with E-state index in [1.165, 1.54) is 4.90 Å². The third kappa shape index (κ3) is 6.30. The topological polar surface area (TPSA) is 61.8 Å². The molecule has 0 spiro atoms. The molecule has 0 radical (unpaired) electrons. The fourth-order valence-corrected chi connectivity index (χ4v) is 5.03. The maximum absolute atomic E-state index is 12.2. The molecule has 2 rings (SSSR count). The van der Waals surface area contributed by atoms with E-state index in [0.717, 1.165) is 12.5 Å². The second kappa shape index (κ2) is 10.2. The van der Waals surface area contributed by atoms with Gasteiger partial charge in [-0.1, -0.05) is 25.1 Å². The van der Waals surface area contributed by atoms with Gasteiger partial charge in [0.25, 0.3) is 0 Å². The van der Waals surface area contributed by atoms with Crippen molar-refractivity contribution in [2.75, 3.05) is 31.9 Å². The number of benzene rings is 1. The van der Waals surface area contributed by atoms with Crippen LogP contribution in [0.15, 0.2) is 40.2 Å². The highest BCUT2D eigenvalue weighted by Crippen LogP contribution is 2.25. The molecule has 1 saturated heterocycles. The number of nitrogens with zero attached hydrogens (tertiary/aromatic N) is 2. The molecule has 0 aromatic heterocycles. The minimum atomic E-state index is -3.04. The summed E-state index contributed by atoms with van der Waals surface area (Å²) in [6, 6.07) is 10.3. The Balaban J connectivity index is 0.00000338. The summed E-state index contributed by atoms with van der Waals surface area (Å²) in [7, 11) is -3.04. The zero-order chi connectivity index (χ0) is 18.5. The van der Waals surface area contributed by atoms with Gasteiger partial charge < -0.3 is 10.2 Å². The van der Waals surface area contributed by atoms with E-state index >= 15 is 0 Å². The first kappa shape index (κ1) is 23.6. The van der Waals surface area contributed by atoms with Crippen LogP contribution >= 0.6 is 35.7 Å². The van der Waals surface area contributed by atoms with Crippen LogP contribution in [0.25, 0.3) is 0 Å². The number of sulfone groups is 1. The molecule has 1 aliphatic rings. The minimum absolute atomic E-state index is 0. The van der Waals surface area contributed by atoms with Crippen LogP contribution in [0, 0.1) is 0 Å². The van der Waals surface area contributed by atoms with Crippen molar-refractivity contribution < 1.29 is 8.42 Å². The van der Waals surface area contributed by atoms with E-state index < -0.39 is 14.6 Å². The fraction of sp³-hybridized carbons (Fsp3) is 0.611. The van der Waals surface area contributed by atoms with Crippen LogP contribution < -0.4 is 5.32 Å². The lowest BCUT2D eigenvalue weighted by Crippen LogP contribution is -2.57. The van der Waals surface area contributed by atoms with Gasteiger partial charge in [-0.3, -0.25) is 4.99 Å². The maximum Gasteiger partial charge on any atom is 0.194 e. The van der Waals surface area contributed by atoms with Crippen molar-refractivity contribution in [1.82, 2.24) is 10.2 Å². The normalized spacial score (nSPS) is 20.2. The zero-order valence-electron chi connectivity index (χ0n) is 15.9. The van der Waals surface area contributed by atoms with Gasteiger partial charge in [0.2, 0.25) is 0 Å². The molecule has 0 amide bonds. The van der Waals surface area contributed by atoms with Crippen LogP contribution in [0.3, 0.4) is 0 Å². The smallest absolute Gasteiger partial charge is 0.194 e. The summed E-state index contributed by atoms with van der Waals surface area (Å²) in [4.78, 5) is 8.07. The van der Waals surface area contributed by atoms with Crippen LogP contribution in [0.4, 0.5) is 0 Å². The number of halogens is 1. The Morgan fingerprint density at radius 2 is 2.00 bits per heavy atom. The molecule has 26 heavy (non-hydrogen) atoms. The average molecular weight is 511 g/mol. The molecule has 1 heterocycles. The fourth-order valence-electron chi connectivity index (χ4n) is 2.73. The molecule has 0 saturated carbocycles. The van der Waals surface area contributed by atoms with Gasteiger partial charge in [0.1, 0.15) is 0 Å². The standard InChI is InChI=1S/C18H29N3O2S2.HI/c1-5-19-17(21-11-12-25(22,23)18(3,4)14-21)20-13-15(2)24-16-9-7-6-8-10-16;/h6-10,15H,5,11-14H2,1-4H3,(H,19,20);1H. The van der Waals surface area contributed by atoms with Crippen molar-refractivity contribution in [2.45, 2.75) is 42.6 Å². The summed E-state index contributed by atoms with van der Waals surface area (Å²) < 4.78 is 23.7. The van der Waals surface area contributed by atoms with Gasteiger partial charge in [-0.15, -0.1) is 35.7 Å². The molecule has 1 unspecified atom stereocenters. The Hall–Kier alpha value is -0.480. The van der Waals surface area contributed by atoms with E-state index in [4.69, 9.17) is 4.99 Å². The molecule has 0 bridgehead atoms. The number of nitrogens with one attached hydrogen (secondary N) is 1. The highest BCUT2D eigenvalue weighted by molar-refractivity contribution is 14.0. The van der Waals surface area contributed by atoms with Crippen LogP contribution in [-0.4, -0.2) is 61.2 Å². The zero-order valence-corrected chi connectivity index (χ0v) is 19.9. The highest BCUT2D eigenvalue weighted by Gasteiger charge is 2.40. The molecule has 1 aliphatic heterocycles. The van der Waals surface area contributed by atoms with Gasteiger partial charge in [0, 0.05) is 29.8 Å². The van der Waals surface area contributed by atoms with Crippen molar-refractivity contribution in [3.63, 3.8) is 0 Å². The first-order valence-electron chi connectivity index (χ1n) is 8.72. The predicted molar refractivity (Wildman–Crippen MR) is 123 cm³/mol. The number of hydrogen-bond donors (Lipinski definition) is 1. The first-order valence-corrected chi connectivity index (χ1v) is 11.3. The third-order valence-electron chi connectivity index (χ3n) is 4.26. The first-order chi connectivity index (χ1) is 11.7. The van der Waals surface area contributed by atoms with E-state index in [1.54, 1.807) is 25.6 Å². The van der Waals surface area contributed by atoms with Crippen LogP contribution in [-0.2, 0) is 9.84 Å². The molecule has 1 fully saturated rings. The Kier molecular flexibility index (Phi) is 9.22. The second-order valence-electron chi connectivity index (χ2n) is 6.94. The van der Waals surface area contributed by atoms with Gasteiger partial charge in [-0.05, 0) is 32.9 Å². The number of guanidine groups is 1. The molecular formula is C18H30IN3O2S2. The van der Waals surface area contributed by atoms with E-state index in [-0.39, 0.29) is 29.7 Å². The Morgan fingerprint density at radius 1 is 1.35 bits per heavy atom. The lowest BCUT2D eigenvalue weighted by molar-refractivity contribution is 0.353. The number of aliphatic imine (C=N–C) groups is 1. The molecule has 1 atom stereocenters. The Labute approximate surface area is 179 Å². The lowest BCUT2D eigenvalue weighted by atomic mass is 10.2. The molecular weight excluding hydrogens is 481 g/mol. The largest absolute Gasteiger partial charge is 0.357 e. The number of rotatable bonds is 5. The van der Waals surface area contributed by atoms with Crippen LogP contribution in [0.2, 0.25) is 0 Å². The number of hydrogen-bond acceptors (Lipinski definition) is 4. The van der Waals surface area contributed by atoms with E-state index in [2.05, 4.69) is 29.3 Å². The monoisotopic (exact) mass is 511 g/mol. The summed E-state index contributed by atoms with van der Waals surface area (Å²) >= 11 is 1.80. The van der Waals surface area contributed by atoms with Gasteiger partial charge >= 0.3 is 0 Å². The van der Waals surface area contributed by atoms with Crippen LogP contribution in [0.1, 0.15) is 27.7 Å². The second-order valence-corrected chi connectivity index (χ2v) is 11.2. The Morgan fingerprint density at radius 3 is 2.58 bits per heavy atom. The van der Waals surface area contributed by atoms with Crippen molar-refractivity contribution in [1.29, 1.82) is 0 Å². The molecule has 8 heteroatoms. The SMILES string of the molecule is CCNC(=NCC(C)Sc1ccccc1)N1CCS(=O)(=O)C(C)(C)C1.I. The average Bonchev–Trinajstić information content (AvgIpc) is 2.55. The van der Waals surface area contributed by atoms with Gasteiger partial charge in [-0.25, -0.2) is 8.42 Å². The molecule has 5 nitrogen and oxygen atoms in total. The molecule has 1 N–H and O–H groups in total. The predicted octanol–water partition coefficient (Wildman–Crippen LogP) is 3.26. The Bertz CT molecular complexity index is 694. The van der Waals surface area contributed by atoms with E-state index in [0.29, 0.717) is 24.9 Å². The molecule has 0 aliphatic carbocycles. The van der Waals surface area contributed by atoms with Gasteiger partial charge in [0.05, 0.1) is 17.0 Å². The van der Waals surface area contributed by atoms with Crippen LogP contribution in [0.5, 0.6) is 0 Å². The van der Waals surface area contributed by atoms with Crippen molar-refractivity contribution in [2.24, 2.45) is 4.99 Å². The highest BCUT2D eigenvalue weighted by atomic mass is 127. The number of thioether (sulfide) groups is 1. The quantitative estimate of drug-likeness (QED) is 0.285. The van der Waals surface area contributed by atoms with Gasteiger partial charge in [-0.2, -0.15) is 0 Å². The molecule has 1 aromatic carbocycles. The summed E-state index contributed by atoms with van der Waals surface area (Å²) in [5, 5.41) is 3.65.